The fourth-order valence-corrected chi connectivity index (χ4v) is 4.49. The largest absolute Gasteiger partial charge is 0.497 e. The van der Waals surface area contributed by atoms with Gasteiger partial charge in [0, 0.05) is 0 Å². The Morgan fingerprint density at radius 2 is 1.70 bits per heavy atom. The van der Waals surface area contributed by atoms with Crippen LogP contribution in [0.25, 0.3) is 0 Å². The summed E-state index contributed by atoms with van der Waals surface area (Å²) in [5.41, 5.74) is 4.21. The van der Waals surface area contributed by atoms with E-state index in [2.05, 4.69) is 10.5 Å². The molecule has 172 valence electrons. The Labute approximate surface area is 193 Å². The van der Waals surface area contributed by atoms with Crippen LogP contribution in [0.2, 0.25) is 0 Å². The van der Waals surface area contributed by atoms with Gasteiger partial charge in [-0.1, -0.05) is 24.3 Å². The van der Waals surface area contributed by atoms with Crippen molar-refractivity contribution in [1.29, 1.82) is 0 Å². The van der Waals surface area contributed by atoms with Gasteiger partial charge in [0.2, 0.25) is 0 Å². The third kappa shape index (κ3) is 5.89. The van der Waals surface area contributed by atoms with Gasteiger partial charge in [-0.3, -0.25) is 9.10 Å². The van der Waals surface area contributed by atoms with Crippen LogP contribution in [0.5, 0.6) is 11.5 Å². The van der Waals surface area contributed by atoms with Crippen molar-refractivity contribution in [3.05, 3.63) is 83.9 Å². The molecule has 0 spiro atoms. The molecule has 3 aromatic rings. The molecule has 0 aliphatic carbocycles. The first kappa shape index (κ1) is 23.8. The Bertz CT molecular complexity index is 1230. The molecule has 0 atom stereocenters. The molecule has 0 aliphatic rings. The van der Waals surface area contributed by atoms with Crippen molar-refractivity contribution in [3.63, 3.8) is 0 Å². The van der Waals surface area contributed by atoms with Crippen LogP contribution in [-0.4, -0.2) is 41.3 Å². The first-order valence-corrected chi connectivity index (χ1v) is 11.5. The third-order valence-corrected chi connectivity index (χ3v) is 6.51. The first-order chi connectivity index (χ1) is 15.8. The highest BCUT2D eigenvalue weighted by molar-refractivity contribution is 7.92. The number of rotatable bonds is 9. The number of aryl methyl sites for hydroxylation is 1. The molecule has 0 radical (unpaired) electrons. The van der Waals surface area contributed by atoms with Crippen molar-refractivity contribution in [2.24, 2.45) is 5.10 Å². The Kier molecular flexibility index (Phi) is 7.68. The van der Waals surface area contributed by atoms with Crippen LogP contribution >= 0.6 is 0 Å². The molecule has 3 aromatic carbocycles. The minimum atomic E-state index is -4.06. The lowest BCUT2D eigenvalue weighted by atomic mass is 10.2. The molecule has 0 bridgehead atoms. The van der Waals surface area contributed by atoms with Crippen molar-refractivity contribution in [1.82, 2.24) is 5.43 Å². The van der Waals surface area contributed by atoms with E-state index in [-0.39, 0.29) is 10.6 Å². The summed E-state index contributed by atoms with van der Waals surface area (Å²) in [7, 11) is -1.04. The first-order valence-electron chi connectivity index (χ1n) is 10.0. The number of carbonyl (C=O) groups is 1. The monoisotopic (exact) mass is 467 g/mol. The van der Waals surface area contributed by atoms with Gasteiger partial charge in [-0.25, -0.2) is 13.8 Å². The number of nitrogens with zero attached hydrogens (tertiary/aromatic N) is 2. The van der Waals surface area contributed by atoms with Crippen molar-refractivity contribution >= 4 is 27.8 Å². The predicted molar refractivity (Wildman–Crippen MR) is 127 cm³/mol. The average molecular weight is 468 g/mol. The van der Waals surface area contributed by atoms with Crippen LogP contribution in [0.15, 0.2) is 82.8 Å². The maximum absolute atomic E-state index is 13.4. The van der Waals surface area contributed by atoms with Gasteiger partial charge in [0.05, 0.1) is 31.0 Å². The standard InChI is InChI=1S/C24H25N3O5S/c1-18-9-14-23(32-3)22(15-18)27(33(29,30)21-7-5-4-6-8-21)17-24(28)26-25-16-19-10-12-20(31-2)13-11-19/h4-16H,17H2,1-3H3,(H,26,28)/b25-16-. The second kappa shape index (κ2) is 10.6. The predicted octanol–water partition coefficient (Wildman–Crippen LogP) is 3.36. The van der Waals surface area contributed by atoms with Crippen molar-refractivity contribution in [3.8, 4) is 11.5 Å². The zero-order valence-electron chi connectivity index (χ0n) is 18.6. The Morgan fingerprint density at radius 3 is 2.33 bits per heavy atom. The van der Waals surface area contributed by atoms with Crippen molar-refractivity contribution in [2.45, 2.75) is 11.8 Å². The molecule has 3 rings (SSSR count). The molecule has 0 saturated heterocycles. The molecule has 33 heavy (non-hydrogen) atoms. The lowest BCUT2D eigenvalue weighted by molar-refractivity contribution is -0.119. The van der Waals surface area contributed by atoms with Gasteiger partial charge in [0.15, 0.2) is 0 Å². The summed E-state index contributed by atoms with van der Waals surface area (Å²) in [6, 6.07) is 20.1. The van der Waals surface area contributed by atoms with Crippen molar-refractivity contribution < 1.29 is 22.7 Å². The van der Waals surface area contributed by atoms with E-state index in [0.717, 1.165) is 15.4 Å². The highest BCUT2D eigenvalue weighted by Gasteiger charge is 2.29. The summed E-state index contributed by atoms with van der Waals surface area (Å²) in [5, 5.41) is 3.94. The minimum absolute atomic E-state index is 0.0584. The second-order valence-electron chi connectivity index (χ2n) is 7.07. The van der Waals surface area contributed by atoms with Gasteiger partial charge in [-0.05, 0) is 66.6 Å². The average Bonchev–Trinajstić information content (AvgIpc) is 2.83. The van der Waals surface area contributed by atoms with Crippen LogP contribution in [0, 0.1) is 6.92 Å². The smallest absolute Gasteiger partial charge is 0.264 e. The number of nitrogens with one attached hydrogen (secondary N) is 1. The summed E-state index contributed by atoms with van der Waals surface area (Å²) in [6.07, 6.45) is 1.46. The van der Waals surface area contributed by atoms with Gasteiger partial charge in [-0.2, -0.15) is 5.10 Å². The number of methoxy groups -OCH3 is 2. The SMILES string of the molecule is COc1ccc(/C=N\NC(=O)CN(c2cc(C)ccc2OC)S(=O)(=O)c2ccccc2)cc1. The summed E-state index contributed by atoms with van der Waals surface area (Å²) >= 11 is 0. The number of amides is 1. The summed E-state index contributed by atoms with van der Waals surface area (Å²) in [6.45, 7) is 1.34. The maximum Gasteiger partial charge on any atom is 0.264 e. The van der Waals surface area contributed by atoms with E-state index >= 15 is 0 Å². The fourth-order valence-electron chi connectivity index (χ4n) is 3.05. The number of hydrogen-bond donors (Lipinski definition) is 1. The Morgan fingerprint density at radius 1 is 1.00 bits per heavy atom. The Hall–Kier alpha value is -3.85. The molecule has 0 fully saturated rings. The maximum atomic E-state index is 13.4. The molecular weight excluding hydrogens is 442 g/mol. The third-order valence-electron chi connectivity index (χ3n) is 4.74. The number of sulfonamides is 1. The zero-order valence-corrected chi connectivity index (χ0v) is 19.4. The number of benzene rings is 3. The van der Waals surface area contributed by atoms with Gasteiger partial charge in [0.1, 0.15) is 18.0 Å². The van der Waals surface area contributed by atoms with E-state index in [9.17, 15) is 13.2 Å². The summed E-state index contributed by atoms with van der Waals surface area (Å²) < 4.78 is 38.4. The molecule has 8 nitrogen and oxygen atoms in total. The van der Waals surface area contributed by atoms with Crippen LogP contribution in [-0.2, 0) is 14.8 Å². The van der Waals surface area contributed by atoms with Crippen LogP contribution in [0.1, 0.15) is 11.1 Å². The van der Waals surface area contributed by atoms with Gasteiger partial charge in [0.25, 0.3) is 15.9 Å². The van der Waals surface area contributed by atoms with Gasteiger partial charge < -0.3 is 9.47 Å². The molecule has 1 amide bonds. The van der Waals surface area contributed by atoms with E-state index in [1.165, 1.54) is 25.5 Å². The number of hydrazone groups is 1. The highest BCUT2D eigenvalue weighted by Crippen LogP contribution is 2.33. The van der Waals surface area contributed by atoms with Crippen molar-refractivity contribution in [2.75, 3.05) is 25.1 Å². The van der Waals surface area contributed by atoms with Gasteiger partial charge >= 0.3 is 0 Å². The minimum Gasteiger partial charge on any atom is -0.497 e. The number of ether oxygens (including phenoxy) is 2. The molecule has 1 N–H and O–H groups in total. The molecular formula is C24H25N3O5S. The lowest BCUT2D eigenvalue weighted by Gasteiger charge is -2.25. The second-order valence-corrected chi connectivity index (χ2v) is 8.93. The molecule has 9 heteroatoms. The molecule has 0 aliphatic heterocycles. The topological polar surface area (TPSA) is 97.3 Å². The van der Waals surface area contributed by atoms with E-state index < -0.39 is 22.5 Å². The van der Waals surface area contributed by atoms with E-state index in [0.29, 0.717) is 11.5 Å². The fraction of sp³-hybridized carbons (Fsp3) is 0.167. The number of anilines is 1. The normalized spacial score (nSPS) is 11.2. The highest BCUT2D eigenvalue weighted by atomic mass is 32.2. The summed E-state index contributed by atoms with van der Waals surface area (Å²) in [5.74, 6) is 0.419. The quantitative estimate of drug-likeness (QED) is 0.384. The lowest BCUT2D eigenvalue weighted by Crippen LogP contribution is -2.39. The zero-order chi connectivity index (χ0) is 23.8. The van der Waals surface area contributed by atoms with E-state index in [1.54, 1.807) is 67.8 Å². The number of hydrogen-bond acceptors (Lipinski definition) is 6. The molecule has 0 aromatic heterocycles. The molecule has 0 unspecified atom stereocenters. The Balaban J connectivity index is 1.87. The van der Waals surface area contributed by atoms with Gasteiger partial charge in [-0.15, -0.1) is 0 Å². The van der Waals surface area contributed by atoms with Crippen LogP contribution in [0.4, 0.5) is 5.69 Å². The van der Waals surface area contributed by atoms with E-state index in [1.807, 2.05) is 6.92 Å². The molecule has 0 saturated carbocycles. The summed E-state index contributed by atoms with van der Waals surface area (Å²) in [4.78, 5) is 12.7. The number of carbonyl (C=O) groups excluding carboxylic acids is 1. The van der Waals surface area contributed by atoms with Crippen LogP contribution < -0.4 is 19.2 Å². The van der Waals surface area contributed by atoms with Crippen LogP contribution in [0.3, 0.4) is 0 Å². The molecule has 0 heterocycles. The van der Waals surface area contributed by atoms with E-state index in [4.69, 9.17) is 9.47 Å².